The summed E-state index contributed by atoms with van der Waals surface area (Å²) in [6.45, 7) is 5.31. The molecule has 5 nitrogen and oxygen atoms in total. The fraction of sp³-hybridized carbons (Fsp3) is 0.462. The van der Waals surface area contributed by atoms with Gasteiger partial charge in [-0.3, -0.25) is 9.59 Å². The van der Waals surface area contributed by atoms with Crippen molar-refractivity contribution < 1.29 is 9.59 Å². The van der Waals surface area contributed by atoms with Crippen LogP contribution in [0.2, 0.25) is 0 Å². The smallest absolute Gasteiger partial charge is 0.254 e. The van der Waals surface area contributed by atoms with E-state index >= 15 is 0 Å². The third-order valence-electron chi connectivity index (χ3n) is 7.14. The number of anilines is 1. The number of benzene rings is 2. The highest BCUT2D eigenvalue weighted by Crippen LogP contribution is 2.28. The van der Waals surface area contributed by atoms with E-state index in [1.165, 1.54) is 5.56 Å². The molecule has 31 heavy (non-hydrogen) atoms. The Labute approximate surface area is 184 Å². The molecule has 1 fully saturated rings. The van der Waals surface area contributed by atoms with Gasteiger partial charge in [-0.1, -0.05) is 36.4 Å². The van der Waals surface area contributed by atoms with Crippen molar-refractivity contribution in [3.8, 4) is 0 Å². The van der Waals surface area contributed by atoms with Crippen LogP contribution in [0.5, 0.6) is 0 Å². The molecule has 0 saturated carbocycles. The number of hydrogen-bond donors (Lipinski definition) is 0. The molecule has 0 spiro atoms. The number of carbonyl (C=O) groups is 2. The fourth-order valence-electron chi connectivity index (χ4n) is 5.35. The van der Waals surface area contributed by atoms with E-state index in [-0.39, 0.29) is 11.8 Å². The number of para-hydroxylation sites is 1. The van der Waals surface area contributed by atoms with Crippen molar-refractivity contribution >= 4 is 17.5 Å². The summed E-state index contributed by atoms with van der Waals surface area (Å²) in [5, 5.41) is 0. The number of likely N-dealkylation sites (tertiary alicyclic amines) is 1. The Balaban J connectivity index is 1.08. The maximum atomic E-state index is 12.9. The normalized spacial score (nSPS) is 19.4. The van der Waals surface area contributed by atoms with E-state index in [0.29, 0.717) is 12.3 Å². The van der Waals surface area contributed by atoms with Gasteiger partial charge in [0.15, 0.2) is 0 Å². The van der Waals surface area contributed by atoms with Crippen LogP contribution < -0.4 is 4.90 Å². The second-order valence-electron chi connectivity index (χ2n) is 9.16. The molecule has 3 aliphatic heterocycles. The van der Waals surface area contributed by atoms with Gasteiger partial charge in [0, 0.05) is 43.9 Å². The minimum Gasteiger partial charge on any atom is -0.334 e. The van der Waals surface area contributed by atoms with E-state index in [2.05, 4.69) is 29.2 Å². The lowest BCUT2D eigenvalue weighted by Gasteiger charge is -2.34. The molecule has 162 valence electrons. The molecule has 2 aromatic carbocycles. The molecule has 0 atom stereocenters. The average molecular weight is 418 g/mol. The molecule has 2 amide bonds. The molecule has 0 aromatic heterocycles. The molecule has 3 heterocycles. The summed E-state index contributed by atoms with van der Waals surface area (Å²) >= 11 is 0. The summed E-state index contributed by atoms with van der Waals surface area (Å²) in [5.74, 6) is 0.985. The predicted molar refractivity (Wildman–Crippen MR) is 122 cm³/mol. The van der Waals surface area contributed by atoms with Gasteiger partial charge in [0.05, 0.1) is 0 Å². The number of amides is 2. The van der Waals surface area contributed by atoms with Crippen molar-refractivity contribution in [3.05, 3.63) is 65.2 Å². The highest BCUT2D eigenvalue weighted by atomic mass is 16.2. The van der Waals surface area contributed by atoms with E-state index < -0.39 is 0 Å². The number of carbonyl (C=O) groups excluding carboxylic acids is 2. The van der Waals surface area contributed by atoms with E-state index in [1.807, 2.05) is 34.1 Å². The van der Waals surface area contributed by atoms with Gasteiger partial charge in [0.2, 0.25) is 5.91 Å². The van der Waals surface area contributed by atoms with Crippen LogP contribution in [0, 0.1) is 5.92 Å². The van der Waals surface area contributed by atoms with Crippen molar-refractivity contribution in [2.45, 2.75) is 38.6 Å². The second-order valence-corrected chi connectivity index (χ2v) is 9.16. The van der Waals surface area contributed by atoms with Gasteiger partial charge in [-0.25, -0.2) is 0 Å². The summed E-state index contributed by atoms with van der Waals surface area (Å²) in [7, 11) is 0. The Bertz CT molecular complexity index is 965. The first-order valence-electron chi connectivity index (χ1n) is 11.7. The van der Waals surface area contributed by atoms with Crippen LogP contribution in [0.4, 0.5) is 5.69 Å². The third kappa shape index (κ3) is 4.24. The lowest BCUT2D eigenvalue weighted by molar-refractivity contribution is -0.119. The molecular formula is C26H31N3O2. The third-order valence-corrected chi connectivity index (χ3v) is 7.14. The topological polar surface area (TPSA) is 43.9 Å². The number of piperidine rings is 1. The maximum Gasteiger partial charge on any atom is 0.254 e. The van der Waals surface area contributed by atoms with Crippen LogP contribution in [0.15, 0.2) is 48.5 Å². The monoisotopic (exact) mass is 417 g/mol. The molecule has 0 unspecified atom stereocenters. The zero-order valence-corrected chi connectivity index (χ0v) is 18.1. The number of rotatable bonds is 5. The summed E-state index contributed by atoms with van der Waals surface area (Å²) in [6.07, 6.45) is 4.89. The van der Waals surface area contributed by atoms with Gasteiger partial charge in [-0.15, -0.1) is 0 Å². The van der Waals surface area contributed by atoms with Gasteiger partial charge in [0.1, 0.15) is 0 Å². The van der Waals surface area contributed by atoms with Crippen LogP contribution in [0.25, 0.3) is 0 Å². The molecule has 3 aliphatic rings. The number of hydrogen-bond acceptors (Lipinski definition) is 3. The largest absolute Gasteiger partial charge is 0.334 e. The summed E-state index contributed by atoms with van der Waals surface area (Å²) in [5.41, 5.74) is 4.43. The number of aryl methyl sites for hydroxylation is 1. The Morgan fingerprint density at radius 2 is 1.68 bits per heavy atom. The molecular weight excluding hydrogens is 386 g/mol. The van der Waals surface area contributed by atoms with Crippen molar-refractivity contribution in [1.82, 2.24) is 9.80 Å². The van der Waals surface area contributed by atoms with Crippen LogP contribution in [0.1, 0.15) is 47.2 Å². The first-order chi connectivity index (χ1) is 15.2. The highest BCUT2D eigenvalue weighted by molar-refractivity contribution is 5.98. The Morgan fingerprint density at radius 3 is 2.48 bits per heavy atom. The molecule has 0 bridgehead atoms. The van der Waals surface area contributed by atoms with Crippen LogP contribution in [-0.4, -0.2) is 54.3 Å². The zero-order valence-electron chi connectivity index (χ0n) is 18.1. The van der Waals surface area contributed by atoms with Crippen molar-refractivity contribution in [1.29, 1.82) is 0 Å². The lowest BCUT2D eigenvalue weighted by Crippen LogP contribution is -2.41. The van der Waals surface area contributed by atoms with E-state index in [4.69, 9.17) is 0 Å². The quantitative estimate of drug-likeness (QED) is 0.745. The molecule has 1 saturated heterocycles. The van der Waals surface area contributed by atoms with Gasteiger partial charge in [-0.05, 0) is 68.0 Å². The van der Waals surface area contributed by atoms with Crippen LogP contribution >= 0.6 is 0 Å². The van der Waals surface area contributed by atoms with Gasteiger partial charge in [-0.2, -0.15) is 0 Å². The Hall–Kier alpha value is -2.66. The van der Waals surface area contributed by atoms with Gasteiger partial charge < -0.3 is 14.7 Å². The molecule has 2 aromatic rings. The Kier molecular flexibility index (Phi) is 5.77. The zero-order chi connectivity index (χ0) is 21.2. The van der Waals surface area contributed by atoms with Crippen LogP contribution in [0.3, 0.4) is 0 Å². The van der Waals surface area contributed by atoms with Gasteiger partial charge in [0.25, 0.3) is 5.91 Å². The van der Waals surface area contributed by atoms with E-state index in [1.54, 1.807) is 0 Å². The fourth-order valence-corrected chi connectivity index (χ4v) is 5.35. The SMILES string of the molecule is O=C1c2ccccc2CN1CC1CCN(CCC(=O)N2CCCc3ccccc32)CC1. The number of nitrogens with zero attached hydrogens (tertiary/aromatic N) is 3. The van der Waals surface area contributed by atoms with E-state index in [0.717, 1.165) is 81.8 Å². The molecule has 0 aliphatic carbocycles. The molecule has 0 N–H and O–H groups in total. The standard InChI is InChI=1S/C26H31N3O2/c30-25(29-14-5-8-21-6-2-4-10-24(21)29)13-17-27-15-11-20(12-16-27)18-28-19-22-7-1-3-9-23(22)26(28)31/h1-4,6-7,9-10,20H,5,8,11-19H2. The van der Waals surface area contributed by atoms with Gasteiger partial charge >= 0.3 is 0 Å². The summed E-state index contributed by atoms with van der Waals surface area (Å²) in [4.78, 5) is 31.9. The van der Waals surface area contributed by atoms with Crippen molar-refractivity contribution in [2.24, 2.45) is 5.92 Å². The predicted octanol–water partition coefficient (Wildman–Crippen LogP) is 3.72. The van der Waals surface area contributed by atoms with Crippen LogP contribution in [-0.2, 0) is 17.8 Å². The first-order valence-corrected chi connectivity index (χ1v) is 11.7. The number of fused-ring (bicyclic) bond motifs is 2. The average Bonchev–Trinajstić information content (AvgIpc) is 3.13. The minimum atomic E-state index is 0.186. The van der Waals surface area contributed by atoms with Crippen molar-refractivity contribution in [3.63, 3.8) is 0 Å². The van der Waals surface area contributed by atoms with E-state index in [9.17, 15) is 9.59 Å². The maximum absolute atomic E-state index is 12.9. The Morgan fingerprint density at radius 1 is 0.935 bits per heavy atom. The molecule has 5 heteroatoms. The highest BCUT2D eigenvalue weighted by Gasteiger charge is 2.30. The summed E-state index contributed by atoms with van der Waals surface area (Å²) in [6, 6.07) is 16.3. The van der Waals surface area contributed by atoms with Crippen molar-refractivity contribution in [2.75, 3.05) is 37.6 Å². The first kappa shape index (κ1) is 20.3. The minimum absolute atomic E-state index is 0.186. The molecule has 5 rings (SSSR count). The summed E-state index contributed by atoms with van der Waals surface area (Å²) < 4.78 is 0. The lowest BCUT2D eigenvalue weighted by atomic mass is 9.96. The second kappa shape index (κ2) is 8.83. The molecule has 0 radical (unpaired) electrons.